The Morgan fingerprint density at radius 1 is 1.03 bits per heavy atom. The number of imidazole rings is 1. The van der Waals surface area contributed by atoms with Gasteiger partial charge in [0.2, 0.25) is 15.8 Å². The standard InChI is InChI=1S/C29H29N3O6S/c1-36-29(14-16-37-17-15-29)22-8-5-9-24(18-22)38-20-27(33)28-31-26(21-6-3-2-4-7-21)19-32(28)23-10-12-25(13-11-23)39(30,34)35/h2-13,18-19H,14-17,20H2,1H3,(H2,30,34,35). The molecule has 1 saturated heterocycles. The number of hydrogen-bond donors (Lipinski definition) is 1. The minimum Gasteiger partial charge on any atom is -0.485 e. The summed E-state index contributed by atoms with van der Waals surface area (Å²) in [4.78, 5) is 18.0. The third-order valence-corrected chi connectivity index (χ3v) is 7.82. The average Bonchev–Trinajstić information content (AvgIpc) is 3.42. The highest BCUT2D eigenvalue weighted by Crippen LogP contribution is 2.36. The molecule has 1 aromatic heterocycles. The summed E-state index contributed by atoms with van der Waals surface area (Å²) in [6, 6.07) is 23.0. The normalized spacial score (nSPS) is 15.1. The number of ether oxygens (including phenoxy) is 3. The Kier molecular flexibility index (Phi) is 7.62. The fourth-order valence-corrected chi connectivity index (χ4v) is 5.23. The minimum absolute atomic E-state index is 0.0240. The van der Waals surface area contributed by atoms with Crippen LogP contribution >= 0.6 is 0 Å². The monoisotopic (exact) mass is 547 g/mol. The molecule has 0 aliphatic carbocycles. The van der Waals surface area contributed by atoms with Gasteiger partial charge in [-0.3, -0.25) is 9.36 Å². The zero-order chi connectivity index (χ0) is 27.5. The molecule has 1 fully saturated rings. The van der Waals surface area contributed by atoms with Crippen LogP contribution in [0.15, 0.2) is 90.0 Å². The highest BCUT2D eigenvalue weighted by molar-refractivity contribution is 7.89. The van der Waals surface area contributed by atoms with Crippen molar-refractivity contribution in [1.82, 2.24) is 9.55 Å². The van der Waals surface area contributed by atoms with Gasteiger partial charge in [-0.1, -0.05) is 42.5 Å². The molecule has 39 heavy (non-hydrogen) atoms. The Balaban J connectivity index is 1.42. The molecule has 202 valence electrons. The van der Waals surface area contributed by atoms with Gasteiger partial charge in [0.25, 0.3) is 0 Å². The first-order valence-corrected chi connectivity index (χ1v) is 14.0. The average molecular weight is 548 g/mol. The van der Waals surface area contributed by atoms with E-state index in [0.29, 0.717) is 30.3 Å². The number of nitrogens with two attached hydrogens (primary N) is 1. The van der Waals surface area contributed by atoms with Gasteiger partial charge in [0.05, 0.1) is 16.2 Å². The van der Waals surface area contributed by atoms with E-state index in [1.165, 1.54) is 12.1 Å². The molecule has 5 rings (SSSR count). The van der Waals surface area contributed by atoms with Crippen LogP contribution in [0.5, 0.6) is 5.75 Å². The maximum atomic E-state index is 13.4. The quantitative estimate of drug-likeness (QED) is 0.313. The number of Topliss-reactive ketones (excluding diaryl/α,β-unsaturated/α-hetero) is 1. The first kappa shape index (κ1) is 26.8. The zero-order valence-corrected chi connectivity index (χ0v) is 22.3. The largest absolute Gasteiger partial charge is 0.485 e. The SMILES string of the molecule is COC1(c2cccc(OCC(=O)c3nc(-c4ccccc4)cn3-c3ccc(S(N)(=O)=O)cc3)c2)CCOCC1. The van der Waals surface area contributed by atoms with Gasteiger partial charge in [0.1, 0.15) is 5.75 Å². The molecule has 3 aromatic carbocycles. The number of rotatable bonds is 9. The number of aromatic nitrogens is 2. The van der Waals surface area contributed by atoms with Gasteiger partial charge < -0.3 is 14.2 Å². The number of ketones is 1. The van der Waals surface area contributed by atoms with Crippen molar-refractivity contribution in [3.63, 3.8) is 0 Å². The second-order valence-corrected chi connectivity index (χ2v) is 10.8. The van der Waals surface area contributed by atoms with E-state index in [9.17, 15) is 13.2 Å². The molecule has 0 amide bonds. The Labute approximate surface area is 227 Å². The summed E-state index contributed by atoms with van der Waals surface area (Å²) in [6.07, 6.45) is 3.20. The fraction of sp³-hybridized carbons (Fsp3) is 0.241. The molecule has 0 radical (unpaired) electrons. The molecule has 9 nitrogen and oxygen atoms in total. The predicted molar refractivity (Wildman–Crippen MR) is 145 cm³/mol. The smallest absolute Gasteiger partial charge is 0.238 e. The van der Waals surface area contributed by atoms with E-state index in [1.54, 1.807) is 36.1 Å². The van der Waals surface area contributed by atoms with Crippen molar-refractivity contribution in [2.24, 2.45) is 5.14 Å². The lowest BCUT2D eigenvalue weighted by Crippen LogP contribution is -2.35. The predicted octanol–water partition coefficient (Wildman–Crippen LogP) is 4.10. The lowest BCUT2D eigenvalue weighted by Gasteiger charge is -2.36. The number of carbonyl (C=O) groups is 1. The topological polar surface area (TPSA) is 123 Å². The van der Waals surface area contributed by atoms with Crippen molar-refractivity contribution < 1.29 is 27.4 Å². The summed E-state index contributed by atoms with van der Waals surface area (Å²) in [5.74, 6) is 0.361. The van der Waals surface area contributed by atoms with Crippen molar-refractivity contribution >= 4 is 15.8 Å². The first-order valence-electron chi connectivity index (χ1n) is 12.5. The number of nitrogens with zero attached hydrogens (tertiary/aromatic N) is 2. The molecule has 2 heterocycles. The molecular formula is C29H29N3O6S. The third-order valence-electron chi connectivity index (χ3n) is 6.89. The summed E-state index contributed by atoms with van der Waals surface area (Å²) >= 11 is 0. The maximum Gasteiger partial charge on any atom is 0.238 e. The molecule has 0 unspecified atom stereocenters. The molecule has 10 heteroatoms. The Morgan fingerprint density at radius 3 is 2.41 bits per heavy atom. The molecule has 4 aromatic rings. The van der Waals surface area contributed by atoms with Crippen LogP contribution < -0.4 is 9.88 Å². The second kappa shape index (κ2) is 11.1. The molecular weight excluding hydrogens is 518 g/mol. The van der Waals surface area contributed by atoms with E-state index < -0.39 is 15.6 Å². The summed E-state index contributed by atoms with van der Waals surface area (Å²) in [7, 11) is -2.15. The zero-order valence-electron chi connectivity index (χ0n) is 21.4. The van der Waals surface area contributed by atoms with Crippen LogP contribution in [0.2, 0.25) is 0 Å². The van der Waals surface area contributed by atoms with Gasteiger partial charge in [-0.05, 0) is 42.0 Å². The highest BCUT2D eigenvalue weighted by Gasteiger charge is 2.34. The number of primary sulfonamides is 1. The van der Waals surface area contributed by atoms with Gasteiger partial charge in [0, 0.05) is 50.6 Å². The van der Waals surface area contributed by atoms with Crippen molar-refractivity contribution in [2.45, 2.75) is 23.3 Å². The molecule has 2 N–H and O–H groups in total. The van der Waals surface area contributed by atoms with Crippen LogP contribution in [0, 0.1) is 0 Å². The Morgan fingerprint density at radius 2 is 1.74 bits per heavy atom. The van der Waals surface area contributed by atoms with Gasteiger partial charge in [-0.2, -0.15) is 0 Å². The van der Waals surface area contributed by atoms with Crippen LogP contribution in [0.1, 0.15) is 29.0 Å². The first-order chi connectivity index (χ1) is 18.8. The molecule has 0 atom stereocenters. The van der Waals surface area contributed by atoms with Crippen molar-refractivity contribution in [1.29, 1.82) is 0 Å². The molecule has 1 aliphatic heterocycles. The van der Waals surface area contributed by atoms with Crippen LogP contribution in [0.4, 0.5) is 0 Å². The minimum atomic E-state index is -3.85. The number of benzene rings is 3. The van der Waals surface area contributed by atoms with E-state index >= 15 is 0 Å². The van der Waals surface area contributed by atoms with Crippen molar-refractivity contribution in [3.8, 4) is 22.7 Å². The van der Waals surface area contributed by atoms with Crippen molar-refractivity contribution in [2.75, 3.05) is 26.9 Å². The van der Waals surface area contributed by atoms with Crippen LogP contribution in [0.3, 0.4) is 0 Å². The maximum absolute atomic E-state index is 13.4. The number of carbonyl (C=O) groups excluding carboxylic acids is 1. The second-order valence-electron chi connectivity index (χ2n) is 9.28. The van der Waals surface area contributed by atoms with Gasteiger partial charge in [-0.25, -0.2) is 18.5 Å². The van der Waals surface area contributed by atoms with Gasteiger partial charge >= 0.3 is 0 Å². The summed E-state index contributed by atoms with van der Waals surface area (Å²) in [5.41, 5.74) is 2.51. The molecule has 0 spiro atoms. The fourth-order valence-electron chi connectivity index (χ4n) is 4.71. The number of sulfonamides is 1. The molecule has 0 saturated carbocycles. The van der Waals surface area contributed by atoms with Crippen LogP contribution in [0.25, 0.3) is 16.9 Å². The van der Waals surface area contributed by atoms with E-state index in [-0.39, 0.29) is 23.1 Å². The lowest BCUT2D eigenvalue weighted by atomic mass is 9.86. The summed E-state index contributed by atoms with van der Waals surface area (Å²) in [5, 5.41) is 5.24. The van der Waals surface area contributed by atoms with E-state index in [4.69, 9.17) is 19.3 Å². The lowest BCUT2D eigenvalue weighted by molar-refractivity contribution is -0.0948. The third kappa shape index (κ3) is 5.79. The van der Waals surface area contributed by atoms with Gasteiger partial charge in [0.15, 0.2) is 12.4 Å². The van der Waals surface area contributed by atoms with E-state index in [0.717, 1.165) is 24.0 Å². The van der Waals surface area contributed by atoms with E-state index in [2.05, 4.69) is 4.98 Å². The Bertz CT molecular complexity index is 1560. The van der Waals surface area contributed by atoms with Gasteiger partial charge in [-0.15, -0.1) is 0 Å². The molecule has 1 aliphatic rings. The highest BCUT2D eigenvalue weighted by atomic mass is 32.2. The number of hydrogen-bond acceptors (Lipinski definition) is 7. The summed E-state index contributed by atoms with van der Waals surface area (Å²) in [6.45, 7) is 0.983. The molecule has 0 bridgehead atoms. The summed E-state index contributed by atoms with van der Waals surface area (Å²) < 4.78 is 42.4. The van der Waals surface area contributed by atoms with Crippen LogP contribution in [-0.2, 0) is 25.1 Å². The van der Waals surface area contributed by atoms with Crippen molar-refractivity contribution in [3.05, 3.63) is 96.4 Å². The Hall–Kier alpha value is -3.83. The van der Waals surface area contributed by atoms with Crippen LogP contribution in [-0.4, -0.2) is 50.7 Å². The number of methoxy groups -OCH3 is 1. The van der Waals surface area contributed by atoms with E-state index in [1.807, 2.05) is 48.5 Å².